The molecular weight excluding hydrogens is 349 g/mol. The highest BCUT2D eigenvalue weighted by molar-refractivity contribution is 6.07. The molecule has 138 valence electrons. The van der Waals surface area contributed by atoms with E-state index in [4.69, 9.17) is 4.74 Å². The predicted molar refractivity (Wildman–Crippen MR) is 102 cm³/mol. The van der Waals surface area contributed by atoms with Crippen molar-refractivity contribution in [3.05, 3.63) is 59.5 Å². The van der Waals surface area contributed by atoms with E-state index in [1.165, 1.54) is 25.1 Å². The fraction of sp³-hybridized carbons (Fsp3) is 0.150. The quantitative estimate of drug-likeness (QED) is 0.733. The monoisotopic (exact) mass is 367 g/mol. The van der Waals surface area contributed by atoms with Crippen LogP contribution in [0.25, 0.3) is 10.9 Å². The Bertz CT molecular complexity index is 1050. The molecule has 0 radical (unpaired) electrons. The maximum absolute atomic E-state index is 14.1. The zero-order chi connectivity index (χ0) is 19.6. The molecule has 2 N–H and O–H groups in total. The topological polar surface area (TPSA) is 80.3 Å². The Kier molecular flexibility index (Phi) is 5.03. The average molecular weight is 367 g/mol. The second kappa shape index (κ2) is 7.41. The van der Waals surface area contributed by atoms with E-state index in [0.717, 1.165) is 5.39 Å². The van der Waals surface area contributed by atoms with Gasteiger partial charge in [0.15, 0.2) is 0 Å². The number of benzene rings is 2. The van der Waals surface area contributed by atoms with Crippen molar-refractivity contribution in [2.45, 2.75) is 13.8 Å². The standard InChI is InChI=1S/C20H18FN3O3/c1-11-16(8-13-4-6-15(27-3)10-18(13)22-11)20(26)24-19-9-14(23-12(2)25)5-7-17(19)21/h4-10H,1-3H3,(H,23,25)(H,24,26). The summed E-state index contributed by atoms with van der Waals surface area (Å²) in [5, 5.41) is 5.85. The van der Waals surface area contributed by atoms with Gasteiger partial charge < -0.3 is 15.4 Å². The van der Waals surface area contributed by atoms with Crippen molar-refractivity contribution < 1.29 is 18.7 Å². The Morgan fingerprint density at radius 2 is 1.85 bits per heavy atom. The molecule has 0 bridgehead atoms. The first-order chi connectivity index (χ1) is 12.9. The van der Waals surface area contributed by atoms with Crippen LogP contribution in [-0.4, -0.2) is 23.9 Å². The van der Waals surface area contributed by atoms with Gasteiger partial charge in [-0.3, -0.25) is 14.6 Å². The summed E-state index contributed by atoms with van der Waals surface area (Å²) in [5.41, 5.74) is 1.89. The first-order valence-electron chi connectivity index (χ1n) is 8.21. The van der Waals surface area contributed by atoms with Crippen LogP contribution >= 0.6 is 0 Å². The summed E-state index contributed by atoms with van der Waals surface area (Å²) in [5.74, 6) is -0.711. The molecule has 27 heavy (non-hydrogen) atoms. The molecule has 0 aliphatic rings. The Balaban J connectivity index is 1.92. The Morgan fingerprint density at radius 3 is 2.56 bits per heavy atom. The number of anilines is 2. The molecule has 0 unspecified atom stereocenters. The fourth-order valence-electron chi connectivity index (χ4n) is 2.69. The molecule has 3 rings (SSSR count). The molecule has 1 heterocycles. The molecule has 1 aromatic heterocycles. The number of aryl methyl sites for hydroxylation is 1. The van der Waals surface area contributed by atoms with Crippen LogP contribution in [0.2, 0.25) is 0 Å². The number of hydrogen-bond donors (Lipinski definition) is 2. The molecule has 0 fully saturated rings. The number of carbonyl (C=O) groups is 2. The second-order valence-corrected chi connectivity index (χ2v) is 6.01. The number of nitrogens with zero attached hydrogens (tertiary/aromatic N) is 1. The van der Waals surface area contributed by atoms with E-state index in [2.05, 4.69) is 15.6 Å². The third-order valence-electron chi connectivity index (χ3n) is 3.99. The van der Waals surface area contributed by atoms with Gasteiger partial charge in [0.05, 0.1) is 29.6 Å². The van der Waals surface area contributed by atoms with Crippen LogP contribution in [-0.2, 0) is 4.79 Å². The van der Waals surface area contributed by atoms with Crippen molar-refractivity contribution in [3.8, 4) is 5.75 Å². The normalized spacial score (nSPS) is 10.5. The SMILES string of the molecule is COc1ccc2cc(C(=O)Nc3cc(NC(C)=O)ccc3F)c(C)nc2c1. The number of carbonyl (C=O) groups excluding carboxylic acids is 2. The zero-order valence-corrected chi connectivity index (χ0v) is 15.1. The van der Waals surface area contributed by atoms with Crippen molar-refractivity contribution in [2.24, 2.45) is 0 Å². The summed E-state index contributed by atoms with van der Waals surface area (Å²) in [6.45, 7) is 3.05. The van der Waals surface area contributed by atoms with Crippen LogP contribution in [0.5, 0.6) is 5.75 Å². The van der Waals surface area contributed by atoms with Gasteiger partial charge in [-0.05, 0) is 43.3 Å². The molecule has 2 aromatic carbocycles. The molecule has 2 amide bonds. The van der Waals surface area contributed by atoms with E-state index in [9.17, 15) is 14.0 Å². The van der Waals surface area contributed by atoms with Crippen molar-refractivity contribution >= 4 is 34.1 Å². The summed E-state index contributed by atoms with van der Waals surface area (Å²) < 4.78 is 19.2. The highest BCUT2D eigenvalue weighted by atomic mass is 19.1. The highest BCUT2D eigenvalue weighted by Crippen LogP contribution is 2.24. The molecule has 0 atom stereocenters. The van der Waals surface area contributed by atoms with Crippen molar-refractivity contribution in [3.63, 3.8) is 0 Å². The van der Waals surface area contributed by atoms with E-state index in [-0.39, 0.29) is 11.6 Å². The van der Waals surface area contributed by atoms with E-state index < -0.39 is 11.7 Å². The van der Waals surface area contributed by atoms with Gasteiger partial charge in [0, 0.05) is 24.1 Å². The van der Waals surface area contributed by atoms with Crippen molar-refractivity contribution in [1.29, 1.82) is 0 Å². The van der Waals surface area contributed by atoms with Gasteiger partial charge >= 0.3 is 0 Å². The van der Waals surface area contributed by atoms with Gasteiger partial charge in [0.25, 0.3) is 5.91 Å². The van der Waals surface area contributed by atoms with Crippen LogP contribution in [0.3, 0.4) is 0 Å². The highest BCUT2D eigenvalue weighted by Gasteiger charge is 2.15. The van der Waals surface area contributed by atoms with Gasteiger partial charge in [0.1, 0.15) is 11.6 Å². The van der Waals surface area contributed by atoms with Gasteiger partial charge in [0.2, 0.25) is 5.91 Å². The molecule has 6 nitrogen and oxygen atoms in total. The van der Waals surface area contributed by atoms with E-state index in [0.29, 0.717) is 28.2 Å². The van der Waals surface area contributed by atoms with Crippen LogP contribution in [0, 0.1) is 12.7 Å². The maximum atomic E-state index is 14.1. The molecule has 0 spiro atoms. The Morgan fingerprint density at radius 1 is 1.07 bits per heavy atom. The van der Waals surface area contributed by atoms with Crippen LogP contribution in [0.4, 0.5) is 15.8 Å². The number of amides is 2. The minimum absolute atomic E-state index is 0.0273. The van der Waals surface area contributed by atoms with E-state index in [1.54, 1.807) is 38.3 Å². The van der Waals surface area contributed by atoms with Gasteiger partial charge in [-0.25, -0.2) is 4.39 Å². The van der Waals surface area contributed by atoms with Gasteiger partial charge in [-0.15, -0.1) is 0 Å². The van der Waals surface area contributed by atoms with Crippen molar-refractivity contribution in [1.82, 2.24) is 4.98 Å². The third kappa shape index (κ3) is 4.03. The van der Waals surface area contributed by atoms with E-state index in [1.807, 2.05) is 0 Å². The predicted octanol–water partition coefficient (Wildman–Crippen LogP) is 3.90. The number of halogens is 1. The van der Waals surface area contributed by atoms with Crippen LogP contribution in [0.1, 0.15) is 23.0 Å². The number of aromatic nitrogens is 1. The van der Waals surface area contributed by atoms with E-state index >= 15 is 0 Å². The summed E-state index contributed by atoms with van der Waals surface area (Å²) >= 11 is 0. The first kappa shape index (κ1) is 18.3. The Hall–Kier alpha value is -3.48. The number of pyridine rings is 1. The van der Waals surface area contributed by atoms with Gasteiger partial charge in [-0.2, -0.15) is 0 Å². The molecule has 0 aliphatic heterocycles. The lowest BCUT2D eigenvalue weighted by atomic mass is 10.1. The third-order valence-corrected chi connectivity index (χ3v) is 3.99. The first-order valence-corrected chi connectivity index (χ1v) is 8.21. The lowest BCUT2D eigenvalue weighted by molar-refractivity contribution is -0.114. The number of fused-ring (bicyclic) bond motifs is 1. The van der Waals surface area contributed by atoms with Crippen LogP contribution in [0.15, 0.2) is 42.5 Å². The number of ether oxygens (including phenoxy) is 1. The summed E-state index contributed by atoms with van der Waals surface area (Å²) in [7, 11) is 1.57. The molecule has 3 aromatic rings. The summed E-state index contributed by atoms with van der Waals surface area (Å²) in [6, 6.07) is 11.0. The molecule has 0 aliphatic carbocycles. The number of rotatable bonds is 4. The number of hydrogen-bond acceptors (Lipinski definition) is 4. The lowest BCUT2D eigenvalue weighted by Gasteiger charge is -2.11. The molecule has 0 saturated heterocycles. The van der Waals surface area contributed by atoms with Crippen LogP contribution < -0.4 is 15.4 Å². The van der Waals surface area contributed by atoms with Crippen molar-refractivity contribution in [2.75, 3.05) is 17.7 Å². The average Bonchev–Trinajstić information content (AvgIpc) is 2.62. The molecular formula is C20H18FN3O3. The number of methoxy groups -OCH3 is 1. The smallest absolute Gasteiger partial charge is 0.257 e. The lowest BCUT2D eigenvalue weighted by Crippen LogP contribution is -2.15. The summed E-state index contributed by atoms with van der Waals surface area (Å²) in [4.78, 5) is 28.3. The molecule has 0 saturated carbocycles. The zero-order valence-electron chi connectivity index (χ0n) is 15.1. The largest absolute Gasteiger partial charge is 0.497 e. The minimum Gasteiger partial charge on any atom is -0.497 e. The number of nitrogens with one attached hydrogen (secondary N) is 2. The second-order valence-electron chi connectivity index (χ2n) is 6.01. The fourth-order valence-corrected chi connectivity index (χ4v) is 2.69. The minimum atomic E-state index is -0.603. The van der Waals surface area contributed by atoms with Gasteiger partial charge in [-0.1, -0.05) is 0 Å². The Labute approximate surface area is 155 Å². The maximum Gasteiger partial charge on any atom is 0.257 e. The molecule has 7 heteroatoms. The summed E-state index contributed by atoms with van der Waals surface area (Å²) in [6.07, 6.45) is 0.